The minimum atomic E-state index is 0.0638. The lowest BCUT2D eigenvalue weighted by Gasteiger charge is -2.15. The average molecular weight is 260 g/mol. The number of hydrogen-bond acceptors (Lipinski definition) is 3. The highest BCUT2D eigenvalue weighted by Gasteiger charge is 2.64. The molecular formula is C15H20N2O2. The van der Waals surface area contributed by atoms with Crippen LogP contribution in [0.3, 0.4) is 0 Å². The van der Waals surface area contributed by atoms with Crippen molar-refractivity contribution in [1.29, 1.82) is 0 Å². The number of carbonyl (C=O) groups excluding carboxylic acids is 1. The van der Waals surface area contributed by atoms with Crippen molar-refractivity contribution in [1.82, 2.24) is 5.43 Å². The molecule has 0 aliphatic heterocycles. The van der Waals surface area contributed by atoms with Crippen LogP contribution in [0.5, 0.6) is 0 Å². The van der Waals surface area contributed by atoms with Gasteiger partial charge in [-0.2, -0.15) is 5.10 Å². The van der Waals surface area contributed by atoms with Gasteiger partial charge in [0.1, 0.15) is 11.5 Å². The first kappa shape index (κ1) is 12.5. The zero-order valence-corrected chi connectivity index (χ0v) is 11.5. The zero-order valence-electron chi connectivity index (χ0n) is 11.5. The van der Waals surface area contributed by atoms with E-state index in [4.69, 9.17) is 4.42 Å². The number of hydrazone groups is 1. The second-order valence-corrected chi connectivity index (χ2v) is 6.02. The summed E-state index contributed by atoms with van der Waals surface area (Å²) in [5.41, 5.74) is 2.89. The minimum Gasteiger partial charge on any atom is -0.460 e. The van der Waals surface area contributed by atoms with E-state index in [1.165, 1.54) is 25.7 Å². The van der Waals surface area contributed by atoms with Crippen LogP contribution >= 0.6 is 0 Å². The van der Waals surface area contributed by atoms with Crippen LogP contribution in [0.15, 0.2) is 21.7 Å². The lowest BCUT2D eigenvalue weighted by atomic mass is 9.90. The standard InChI is InChI=1S/C15H20N2O2/c1-10-6-7-11(19-10)9-16-17-14(18)13-12-5-3-4-8-15(12,13)2/h6-7,9,12-13H,3-5,8H2,1-2H3,(H,17,18)/b16-9-/t12-,13-,15-/m0/s1. The Morgan fingerprint density at radius 1 is 1.53 bits per heavy atom. The van der Waals surface area contributed by atoms with Crippen LogP contribution < -0.4 is 5.43 Å². The molecular weight excluding hydrogens is 240 g/mol. The maximum atomic E-state index is 12.1. The molecule has 2 fully saturated rings. The molecule has 1 amide bonds. The molecule has 4 nitrogen and oxygen atoms in total. The molecule has 19 heavy (non-hydrogen) atoms. The van der Waals surface area contributed by atoms with Crippen LogP contribution in [0.1, 0.15) is 44.1 Å². The molecule has 0 aromatic carbocycles. The summed E-state index contributed by atoms with van der Waals surface area (Å²) in [5.74, 6) is 2.30. The molecule has 2 aliphatic rings. The largest absolute Gasteiger partial charge is 0.460 e. The van der Waals surface area contributed by atoms with E-state index in [-0.39, 0.29) is 17.2 Å². The summed E-state index contributed by atoms with van der Waals surface area (Å²) in [6.07, 6.45) is 6.44. The van der Waals surface area contributed by atoms with Crippen molar-refractivity contribution in [3.63, 3.8) is 0 Å². The van der Waals surface area contributed by atoms with Crippen LogP contribution in [-0.4, -0.2) is 12.1 Å². The molecule has 1 heterocycles. The minimum absolute atomic E-state index is 0.0638. The molecule has 0 spiro atoms. The number of amides is 1. The van der Waals surface area contributed by atoms with Crippen molar-refractivity contribution in [2.24, 2.45) is 22.4 Å². The van der Waals surface area contributed by atoms with Crippen LogP contribution in [0.4, 0.5) is 0 Å². The Labute approximate surface area is 113 Å². The molecule has 1 N–H and O–H groups in total. The maximum absolute atomic E-state index is 12.1. The number of furan rings is 1. The van der Waals surface area contributed by atoms with Gasteiger partial charge >= 0.3 is 0 Å². The lowest BCUT2D eigenvalue weighted by Crippen LogP contribution is -2.22. The summed E-state index contributed by atoms with van der Waals surface area (Å²) in [6.45, 7) is 4.12. The van der Waals surface area contributed by atoms with Crippen LogP contribution in [0.2, 0.25) is 0 Å². The van der Waals surface area contributed by atoms with Crippen molar-refractivity contribution in [3.05, 3.63) is 23.7 Å². The van der Waals surface area contributed by atoms with Gasteiger partial charge in [0.25, 0.3) is 0 Å². The predicted molar refractivity (Wildman–Crippen MR) is 72.7 cm³/mol. The summed E-state index contributed by atoms with van der Waals surface area (Å²) in [7, 11) is 0. The maximum Gasteiger partial charge on any atom is 0.244 e. The van der Waals surface area contributed by atoms with Crippen molar-refractivity contribution in [3.8, 4) is 0 Å². The Kier molecular flexibility index (Phi) is 2.96. The van der Waals surface area contributed by atoms with Gasteiger partial charge in [-0.3, -0.25) is 4.79 Å². The lowest BCUT2D eigenvalue weighted by molar-refractivity contribution is -0.123. The van der Waals surface area contributed by atoms with Crippen molar-refractivity contribution in [2.75, 3.05) is 0 Å². The van der Waals surface area contributed by atoms with Gasteiger partial charge in [-0.05, 0) is 43.2 Å². The SMILES string of the molecule is Cc1ccc(/C=N\NC(=O)[C@@H]2[C@@H]3CCCC[C@]23C)o1. The molecule has 0 radical (unpaired) electrons. The fourth-order valence-corrected chi connectivity index (χ4v) is 3.60. The van der Waals surface area contributed by atoms with Gasteiger partial charge in [0.2, 0.25) is 5.91 Å². The van der Waals surface area contributed by atoms with Crippen molar-refractivity contribution in [2.45, 2.75) is 39.5 Å². The van der Waals surface area contributed by atoms with E-state index < -0.39 is 0 Å². The van der Waals surface area contributed by atoms with Gasteiger partial charge in [0.05, 0.1) is 6.21 Å². The highest BCUT2D eigenvalue weighted by molar-refractivity contribution is 5.85. The number of carbonyl (C=O) groups is 1. The highest BCUT2D eigenvalue weighted by Crippen LogP contribution is 2.66. The molecule has 0 bridgehead atoms. The fourth-order valence-electron chi connectivity index (χ4n) is 3.60. The summed E-state index contributed by atoms with van der Waals surface area (Å²) < 4.78 is 5.36. The highest BCUT2D eigenvalue weighted by atomic mass is 16.3. The topological polar surface area (TPSA) is 54.6 Å². The Morgan fingerprint density at radius 3 is 3.00 bits per heavy atom. The van der Waals surface area contributed by atoms with Crippen LogP contribution in [0, 0.1) is 24.2 Å². The van der Waals surface area contributed by atoms with Crippen molar-refractivity contribution >= 4 is 12.1 Å². The number of aryl methyl sites for hydroxylation is 1. The molecule has 3 rings (SSSR count). The normalized spacial score (nSPS) is 33.2. The average Bonchev–Trinajstić information content (AvgIpc) is 2.81. The second kappa shape index (κ2) is 4.51. The molecule has 0 saturated heterocycles. The number of nitrogens with zero attached hydrogens (tertiary/aromatic N) is 1. The quantitative estimate of drug-likeness (QED) is 0.671. The van der Waals surface area contributed by atoms with Gasteiger partial charge in [0, 0.05) is 5.92 Å². The number of fused-ring (bicyclic) bond motifs is 1. The summed E-state index contributed by atoms with van der Waals surface area (Å²) in [6, 6.07) is 3.71. The number of nitrogens with one attached hydrogen (secondary N) is 1. The number of rotatable bonds is 3. The van der Waals surface area contributed by atoms with Crippen LogP contribution in [-0.2, 0) is 4.79 Å². The second-order valence-electron chi connectivity index (χ2n) is 6.02. The molecule has 2 saturated carbocycles. The first-order valence-electron chi connectivity index (χ1n) is 7.00. The zero-order chi connectivity index (χ0) is 13.5. The van der Waals surface area contributed by atoms with Crippen LogP contribution in [0.25, 0.3) is 0 Å². The molecule has 4 heteroatoms. The van der Waals surface area contributed by atoms with E-state index in [9.17, 15) is 4.79 Å². The molecule has 1 aromatic rings. The molecule has 102 valence electrons. The van der Waals surface area contributed by atoms with E-state index in [0.29, 0.717) is 11.7 Å². The summed E-state index contributed by atoms with van der Waals surface area (Å²) >= 11 is 0. The summed E-state index contributed by atoms with van der Waals surface area (Å²) in [5, 5.41) is 3.99. The van der Waals surface area contributed by atoms with Gasteiger partial charge in [0.15, 0.2) is 0 Å². The Balaban J connectivity index is 1.56. The summed E-state index contributed by atoms with van der Waals surface area (Å²) in [4.78, 5) is 12.1. The third kappa shape index (κ3) is 2.20. The van der Waals surface area contributed by atoms with E-state index in [1.54, 1.807) is 6.21 Å². The third-order valence-corrected chi connectivity index (χ3v) is 4.74. The first-order chi connectivity index (χ1) is 9.11. The van der Waals surface area contributed by atoms with E-state index in [2.05, 4.69) is 17.5 Å². The number of hydrogen-bond donors (Lipinski definition) is 1. The van der Waals surface area contributed by atoms with Crippen molar-refractivity contribution < 1.29 is 9.21 Å². The van der Waals surface area contributed by atoms with Gasteiger partial charge in [-0.1, -0.05) is 19.8 Å². The van der Waals surface area contributed by atoms with Gasteiger partial charge < -0.3 is 4.42 Å². The fraction of sp³-hybridized carbons (Fsp3) is 0.600. The van der Waals surface area contributed by atoms with E-state index in [0.717, 1.165) is 5.76 Å². The van der Waals surface area contributed by atoms with E-state index >= 15 is 0 Å². The first-order valence-corrected chi connectivity index (χ1v) is 7.00. The Bertz CT molecular complexity index is 520. The Morgan fingerprint density at radius 2 is 2.37 bits per heavy atom. The Hall–Kier alpha value is -1.58. The predicted octanol–water partition coefficient (Wildman–Crippen LogP) is 2.86. The molecule has 3 atom stereocenters. The smallest absolute Gasteiger partial charge is 0.244 e. The van der Waals surface area contributed by atoms with Gasteiger partial charge in [-0.25, -0.2) is 5.43 Å². The third-order valence-electron chi connectivity index (χ3n) is 4.74. The molecule has 2 aliphatic carbocycles. The monoisotopic (exact) mass is 260 g/mol. The van der Waals surface area contributed by atoms with Gasteiger partial charge in [-0.15, -0.1) is 0 Å². The molecule has 1 aromatic heterocycles. The molecule has 0 unspecified atom stereocenters. The van der Waals surface area contributed by atoms with E-state index in [1.807, 2.05) is 19.1 Å².